The number of carbonyl (C=O) groups excluding carboxylic acids is 2. The molecule has 2 aromatic rings. The van der Waals surface area contributed by atoms with Gasteiger partial charge < -0.3 is 4.74 Å². The lowest BCUT2D eigenvalue weighted by Crippen LogP contribution is -2.28. The molecule has 2 aromatic carbocycles. The van der Waals surface area contributed by atoms with E-state index in [2.05, 4.69) is 5.10 Å². The van der Waals surface area contributed by atoms with Crippen molar-refractivity contribution < 1.29 is 19.2 Å². The molecule has 162 valence electrons. The molecule has 2 fully saturated rings. The number of nitrogens with zero attached hydrogens (tertiary/aromatic N) is 3. The fourth-order valence-corrected chi connectivity index (χ4v) is 4.97. The molecule has 0 N–H and O–H groups in total. The Balaban J connectivity index is 1.40. The van der Waals surface area contributed by atoms with Crippen LogP contribution in [0.15, 0.2) is 59.7 Å². The number of imide groups is 1. The SMILES string of the molecule is Cc1cccc(COc2ccc([N+](=O)[O-])cc2C=NN2C(=O)[C@@H]3[C@H](C2=O)[C@H]2C=C[C@H]3C2)c1. The molecule has 8 heteroatoms. The van der Waals surface area contributed by atoms with Crippen molar-refractivity contribution in [3.05, 3.63) is 81.4 Å². The van der Waals surface area contributed by atoms with Gasteiger partial charge >= 0.3 is 0 Å². The topological polar surface area (TPSA) is 102 Å². The smallest absolute Gasteiger partial charge is 0.270 e. The summed E-state index contributed by atoms with van der Waals surface area (Å²) in [7, 11) is 0. The highest BCUT2D eigenvalue weighted by molar-refractivity contribution is 6.07. The van der Waals surface area contributed by atoms with Crippen LogP contribution in [0.5, 0.6) is 5.75 Å². The summed E-state index contributed by atoms with van der Waals surface area (Å²) in [5.41, 5.74) is 2.24. The standard InChI is InChI=1S/C24H21N3O5/c1-14-3-2-4-15(9-14)13-32-20-8-7-19(27(30)31)11-18(20)12-25-26-23(28)21-16-5-6-17(10-16)22(21)24(26)29/h2-9,11-12,16-17,21-22H,10,13H2,1H3/t16-,17-,21-,22+/m0/s1. The first-order valence-electron chi connectivity index (χ1n) is 10.5. The van der Waals surface area contributed by atoms with E-state index in [9.17, 15) is 19.7 Å². The van der Waals surface area contributed by atoms with Crippen LogP contribution in [0, 0.1) is 40.7 Å². The van der Waals surface area contributed by atoms with Crippen LogP contribution in [0.25, 0.3) is 0 Å². The Hall–Kier alpha value is -3.81. The predicted octanol–water partition coefficient (Wildman–Crippen LogP) is 3.62. The van der Waals surface area contributed by atoms with Gasteiger partial charge in [0.15, 0.2) is 0 Å². The van der Waals surface area contributed by atoms with E-state index in [1.165, 1.54) is 24.4 Å². The van der Waals surface area contributed by atoms with Crippen LogP contribution >= 0.6 is 0 Å². The second kappa shape index (κ2) is 7.71. The van der Waals surface area contributed by atoms with Gasteiger partial charge in [0.2, 0.25) is 0 Å². The minimum atomic E-state index is -0.512. The van der Waals surface area contributed by atoms with Gasteiger partial charge in [-0.2, -0.15) is 10.1 Å². The largest absolute Gasteiger partial charge is 0.488 e. The number of rotatable bonds is 6. The summed E-state index contributed by atoms with van der Waals surface area (Å²) in [6.07, 6.45) is 6.17. The van der Waals surface area contributed by atoms with Crippen molar-refractivity contribution in [2.24, 2.45) is 28.8 Å². The maximum absolute atomic E-state index is 12.8. The molecule has 2 amide bonds. The van der Waals surface area contributed by atoms with Crippen LogP contribution < -0.4 is 4.74 Å². The van der Waals surface area contributed by atoms with Crippen molar-refractivity contribution in [2.75, 3.05) is 0 Å². The van der Waals surface area contributed by atoms with Gasteiger partial charge in [0, 0.05) is 17.7 Å². The van der Waals surface area contributed by atoms with Crippen molar-refractivity contribution in [1.82, 2.24) is 5.01 Å². The average molecular weight is 431 g/mol. The Labute approximate surface area is 184 Å². The van der Waals surface area contributed by atoms with Crippen molar-refractivity contribution >= 4 is 23.7 Å². The summed E-state index contributed by atoms with van der Waals surface area (Å²) < 4.78 is 5.89. The Kier molecular flexibility index (Phi) is 4.84. The zero-order valence-corrected chi connectivity index (χ0v) is 17.4. The molecule has 5 rings (SSSR count). The van der Waals surface area contributed by atoms with E-state index in [-0.39, 0.29) is 47.8 Å². The van der Waals surface area contributed by atoms with E-state index < -0.39 is 4.92 Å². The molecule has 1 saturated heterocycles. The highest BCUT2D eigenvalue weighted by Crippen LogP contribution is 2.52. The van der Waals surface area contributed by atoms with Crippen LogP contribution in [0.1, 0.15) is 23.1 Å². The number of non-ortho nitro benzene ring substituents is 1. The minimum absolute atomic E-state index is 0.0905. The van der Waals surface area contributed by atoms with Crippen LogP contribution in [-0.4, -0.2) is 28.0 Å². The number of benzene rings is 2. The Morgan fingerprint density at radius 3 is 2.50 bits per heavy atom. The molecule has 1 saturated carbocycles. The molecular weight excluding hydrogens is 410 g/mol. The number of nitro groups is 1. The maximum atomic E-state index is 12.8. The van der Waals surface area contributed by atoms with Crippen molar-refractivity contribution in [3.8, 4) is 5.75 Å². The van der Waals surface area contributed by atoms with Crippen molar-refractivity contribution in [3.63, 3.8) is 0 Å². The van der Waals surface area contributed by atoms with Crippen molar-refractivity contribution in [1.29, 1.82) is 0 Å². The van der Waals surface area contributed by atoms with Gasteiger partial charge in [-0.15, -0.1) is 0 Å². The number of fused-ring (bicyclic) bond motifs is 5. The monoisotopic (exact) mass is 431 g/mol. The summed E-state index contributed by atoms with van der Waals surface area (Å²) in [4.78, 5) is 36.4. The number of carbonyl (C=O) groups is 2. The molecule has 0 radical (unpaired) electrons. The Bertz CT molecular complexity index is 1160. The third kappa shape index (κ3) is 3.37. The van der Waals surface area contributed by atoms with Gasteiger partial charge in [0.05, 0.1) is 23.0 Å². The molecule has 0 aromatic heterocycles. The third-order valence-corrected chi connectivity index (χ3v) is 6.44. The van der Waals surface area contributed by atoms with E-state index >= 15 is 0 Å². The quantitative estimate of drug-likeness (QED) is 0.229. The lowest BCUT2D eigenvalue weighted by atomic mass is 9.85. The van der Waals surface area contributed by atoms with Gasteiger partial charge in [0.1, 0.15) is 12.4 Å². The number of hydrogen-bond donors (Lipinski definition) is 0. The second-order valence-electron chi connectivity index (χ2n) is 8.49. The number of hydrazone groups is 1. The summed E-state index contributed by atoms with van der Waals surface area (Å²) in [6.45, 7) is 2.25. The Morgan fingerprint density at radius 1 is 1.12 bits per heavy atom. The zero-order chi connectivity index (χ0) is 22.4. The zero-order valence-electron chi connectivity index (χ0n) is 17.4. The fraction of sp³-hybridized carbons (Fsp3) is 0.292. The maximum Gasteiger partial charge on any atom is 0.270 e. The highest BCUT2D eigenvalue weighted by atomic mass is 16.6. The number of hydrogen-bond acceptors (Lipinski definition) is 6. The normalized spacial score (nSPS) is 25.7. The molecule has 2 aliphatic carbocycles. The van der Waals surface area contributed by atoms with Crippen LogP contribution in [-0.2, 0) is 16.2 Å². The van der Waals surface area contributed by atoms with Gasteiger partial charge in [-0.3, -0.25) is 19.7 Å². The lowest BCUT2D eigenvalue weighted by molar-refractivity contribution is -0.384. The van der Waals surface area contributed by atoms with Gasteiger partial charge in [-0.05, 0) is 36.8 Å². The van der Waals surface area contributed by atoms with Crippen LogP contribution in [0.3, 0.4) is 0 Å². The van der Waals surface area contributed by atoms with Crippen molar-refractivity contribution in [2.45, 2.75) is 20.0 Å². The first-order chi connectivity index (χ1) is 15.4. The first kappa shape index (κ1) is 20.1. The van der Waals surface area contributed by atoms with Gasteiger partial charge in [-0.25, -0.2) is 0 Å². The van der Waals surface area contributed by atoms with Gasteiger partial charge in [-0.1, -0.05) is 42.0 Å². The summed E-state index contributed by atoms with van der Waals surface area (Å²) >= 11 is 0. The third-order valence-electron chi connectivity index (χ3n) is 6.44. The molecule has 0 spiro atoms. The predicted molar refractivity (Wildman–Crippen MR) is 116 cm³/mol. The summed E-state index contributed by atoms with van der Waals surface area (Å²) in [5, 5.41) is 16.3. The molecule has 1 heterocycles. The van der Waals surface area contributed by atoms with E-state index in [0.717, 1.165) is 22.6 Å². The van der Waals surface area contributed by atoms with E-state index in [1.54, 1.807) is 0 Å². The molecule has 2 bridgehead atoms. The molecule has 0 unspecified atom stereocenters. The second-order valence-corrected chi connectivity index (χ2v) is 8.49. The summed E-state index contributed by atoms with van der Waals surface area (Å²) in [5.74, 6) is -0.752. The number of aryl methyl sites for hydroxylation is 1. The average Bonchev–Trinajstić information content (AvgIpc) is 3.45. The van der Waals surface area contributed by atoms with Crippen LogP contribution in [0.2, 0.25) is 0 Å². The number of allylic oxidation sites excluding steroid dienone is 2. The number of ether oxygens (including phenoxy) is 1. The molecular formula is C24H21N3O5. The number of amides is 2. The van der Waals surface area contributed by atoms with Gasteiger partial charge in [0.25, 0.3) is 17.5 Å². The molecule has 4 atom stereocenters. The first-order valence-corrected chi connectivity index (χ1v) is 10.5. The molecule has 8 nitrogen and oxygen atoms in total. The highest BCUT2D eigenvalue weighted by Gasteiger charge is 2.59. The van der Waals surface area contributed by atoms with E-state index in [0.29, 0.717) is 11.3 Å². The molecule has 32 heavy (non-hydrogen) atoms. The number of nitro benzene ring substituents is 1. The van der Waals surface area contributed by atoms with Crippen LogP contribution in [0.4, 0.5) is 5.69 Å². The van der Waals surface area contributed by atoms with E-state index in [4.69, 9.17) is 4.74 Å². The Morgan fingerprint density at radius 2 is 1.84 bits per heavy atom. The molecule has 1 aliphatic heterocycles. The van der Waals surface area contributed by atoms with E-state index in [1.807, 2.05) is 43.3 Å². The molecule has 3 aliphatic rings. The fourth-order valence-electron chi connectivity index (χ4n) is 4.97. The lowest BCUT2D eigenvalue weighted by Gasteiger charge is -2.13. The summed E-state index contributed by atoms with van der Waals surface area (Å²) in [6, 6.07) is 12.0. The minimum Gasteiger partial charge on any atom is -0.488 e.